The third-order valence-electron chi connectivity index (χ3n) is 5.71. The number of fused-ring (bicyclic) bond motifs is 1. The molecule has 0 saturated carbocycles. The van der Waals surface area contributed by atoms with Crippen molar-refractivity contribution in [1.29, 1.82) is 5.41 Å². The summed E-state index contributed by atoms with van der Waals surface area (Å²) >= 11 is 0. The Kier molecular flexibility index (Phi) is 5.19. The third kappa shape index (κ3) is 3.84. The van der Waals surface area contributed by atoms with E-state index in [0.29, 0.717) is 17.2 Å². The fourth-order valence-electron chi connectivity index (χ4n) is 4.02. The highest BCUT2D eigenvalue weighted by atomic mass is 16.1. The van der Waals surface area contributed by atoms with Crippen molar-refractivity contribution in [2.75, 3.05) is 5.01 Å². The highest BCUT2D eigenvalue weighted by molar-refractivity contribution is 6.34. The van der Waals surface area contributed by atoms with Gasteiger partial charge >= 0.3 is 0 Å². The summed E-state index contributed by atoms with van der Waals surface area (Å²) in [5.41, 5.74) is 5.96. The Morgan fingerprint density at radius 1 is 0.889 bits per heavy atom. The summed E-state index contributed by atoms with van der Waals surface area (Å²) in [5.74, 6) is 1.60. The van der Waals surface area contributed by atoms with Crippen molar-refractivity contribution >= 4 is 35.0 Å². The number of hydrogen-bond donors (Lipinski definition) is 3. The number of benzene rings is 3. The van der Waals surface area contributed by atoms with Gasteiger partial charge in [-0.2, -0.15) is 10.1 Å². The molecule has 6 rings (SSSR count). The summed E-state index contributed by atoms with van der Waals surface area (Å²) in [6.07, 6.45) is 1.88. The van der Waals surface area contributed by atoms with Gasteiger partial charge in [-0.15, -0.1) is 0 Å². The van der Waals surface area contributed by atoms with Crippen LogP contribution in [0.1, 0.15) is 5.56 Å². The monoisotopic (exact) mass is 472 g/mol. The quantitative estimate of drug-likeness (QED) is 0.363. The summed E-state index contributed by atoms with van der Waals surface area (Å²) in [6.45, 7) is 0. The van der Waals surface area contributed by atoms with Crippen molar-refractivity contribution in [1.82, 2.24) is 25.0 Å². The van der Waals surface area contributed by atoms with Gasteiger partial charge in [0.2, 0.25) is 5.78 Å². The van der Waals surface area contributed by atoms with Crippen LogP contribution < -0.4 is 16.0 Å². The highest BCUT2D eigenvalue weighted by Crippen LogP contribution is 2.24. The number of nitrogens with zero attached hydrogens (tertiary/aromatic N) is 5. The molecule has 0 radical (unpaired) electrons. The van der Waals surface area contributed by atoms with E-state index < -0.39 is 0 Å². The standard InChI is InChI=1S/C27H20N8O/c28-24-21(16-18-10-4-1-5-11-18)25(33-35(24)20-14-8-3-9-15-20)29-22-17-23(36)34-26(31-32-27(34)30-22)19-12-6-2-7-13-19/h1-17,28H,(H,29,33)(H,30,32)/b21-16+,28-24?. The number of hydrogen-bond acceptors (Lipinski definition) is 5. The van der Waals surface area contributed by atoms with E-state index in [9.17, 15) is 4.79 Å². The number of hydrazine groups is 1. The van der Waals surface area contributed by atoms with Crippen molar-refractivity contribution in [3.8, 4) is 11.4 Å². The van der Waals surface area contributed by atoms with E-state index >= 15 is 0 Å². The Balaban J connectivity index is 1.45. The van der Waals surface area contributed by atoms with Crippen LogP contribution in [-0.2, 0) is 0 Å². The number of aliphatic imine (C=N–C) groups is 1. The first-order chi connectivity index (χ1) is 17.7. The molecule has 9 nitrogen and oxygen atoms in total. The Hall–Kier alpha value is -5.31. The lowest BCUT2D eigenvalue weighted by molar-refractivity contribution is 0.988. The minimum atomic E-state index is -0.312. The van der Waals surface area contributed by atoms with E-state index in [1.165, 1.54) is 10.5 Å². The molecule has 1 fully saturated rings. The summed E-state index contributed by atoms with van der Waals surface area (Å²) < 4.78 is 1.42. The van der Waals surface area contributed by atoms with Gasteiger partial charge in [0.1, 0.15) is 0 Å². The molecular weight excluding hydrogens is 452 g/mol. The Bertz CT molecular complexity index is 1690. The van der Waals surface area contributed by atoms with Crippen molar-refractivity contribution in [2.24, 2.45) is 4.99 Å². The first kappa shape index (κ1) is 21.2. The van der Waals surface area contributed by atoms with Crippen LogP contribution in [0.4, 0.5) is 11.5 Å². The van der Waals surface area contributed by atoms with Crippen LogP contribution in [0.15, 0.2) is 112 Å². The second-order valence-electron chi connectivity index (χ2n) is 8.09. The maximum absolute atomic E-state index is 13.1. The molecular formula is C27H20N8O. The van der Waals surface area contributed by atoms with Gasteiger partial charge in [0, 0.05) is 11.6 Å². The topological polar surface area (TPSA) is 115 Å². The average Bonchev–Trinajstić information content (AvgIpc) is 3.48. The molecule has 36 heavy (non-hydrogen) atoms. The lowest BCUT2D eigenvalue weighted by Gasteiger charge is -2.16. The molecule has 5 aromatic rings. The molecule has 0 amide bonds. The zero-order valence-corrected chi connectivity index (χ0v) is 19.0. The van der Waals surface area contributed by atoms with Gasteiger partial charge in [0.15, 0.2) is 23.3 Å². The zero-order chi connectivity index (χ0) is 24.5. The fourth-order valence-corrected chi connectivity index (χ4v) is 4.02. The van der Waals surface area contributed by atoms with Gasteiger partial charge in [-0.05, 0) is 23.8 Å². The van der Waals surface area contributed by atoms with Crippen LogP contribution in [0, 0.1) is 5.41 Å². The fraction of sp³-hybridized carbons (Fsp3) is 0. The molecule has 0 spiro atoms. The number of nitrogens with one attached hydrogen (secondary N) is 3. The van der Waals surface area contributed by atoms with E-state index in [0.717, 1.165) is 16.8 Å². The molecule has 174 valence electrons. The SMILES string of the molecule is N=C1C(=C\c2ccccc2)/C(=N/c2cc(=O)n3c(-c4ccccc4)n[nH]c3n2)NN1c1ccccc1. The molecule has 9 heteroatoms. The predicted octanol–water partition coefficient (Wildman–Crippen LogP) is 4.20. The minimum Gasteiger partial charge on any atom is -0.282 e. The number of para-hydroxylation sites is 1. The summed E-state index contributed by atoms with van der Waals surface area (Å²) in [6, 6.07) is 30.0. The second kappa shape index (κ2) is 8.80. The van der Waals surface area contributed by atoms with Crippen molar-refractivity contribution in [3.63, 3.8) is 0 Å². The highest BCUT2D eigenvalue weighted by Gasteiger charge is 2.30. The predicted molar refractivity (Wildman–Crippen MR) is 140 cm³/mol. The van der Waals surface area contributed by atoms with Gasteiger partial charge in [-0.1, -0.05) is 78.9 Å². The van der Waals surface area contributed by atoms with E-state index in [1.54, 1.807) is 5.01 Å². The number of H-pyrrole nitrogens is 1. The molecule has 0 aliphatic carbocycles. The second-order valence-corrected chi connectivity index (χ2v) is 8.09. The van der Waals surface area contributed by atoms with Gasteiger partial charge in [-0.25, -0.2) is 19.5 Å². The van der Waals surface area contributed by atoms with Gasteiger partial charge < -0.3 is 0 Å². The average molecular weight is 473 g/mol. The van der Waals surface area contributed by atoms with Crippen LogP contribution >= 0.6 is 0 Å². The zero-order valence-electron chi connectivity index (χ0n) is 19.0. The molecule has 3 aromatic carbocycles. The van der Waals surface area contributed by atoms with Crippen LogP contribution in [0.3, 0.4) is 0 Å². The maximum Gasteiger partial charge on any atom is 0.263 e. The van der Waals surface area contributed by atoms with E-state index in [1.807, 2.05) is 97.1 Å². The molecule has 1 aliphatic rings. The Morgan fingerprint density at radius 3 is 2.28 bits per heavy atom. The van der Waals surface area contributed by atoms with E-state index in [2.05, 4.69) is 25.6 Å². The smallest absolute Gasteiger partial charge is 0.263 e. The molecule has 3 heterocycles. The van der Waals surface area contributed by atoms with Crippen LogP contribution in [0.25, 0.3) is 23.2 Å². The lowest BCUT2D eigenvalue weighted by Crippen LogP contribution is -2.35. The van der Waals surface area contributed by atoms with Crippen LogP contribution in [-0.4, -0.2) is 31.3 Å². The first-order valence-corrected chi connectivity index (χ1v) is 11.3. The van der Waals surface area contributed by atoms with Gasteiger partial charge in [-0.3, -0.25) is 15.6 Å². The molecule has 0 atom stereocenters. The number of rotatable bonds is 4. The van der Waals surface area contributed by atoms with Crippen molar-refractivity contribution in [3.05, 3.63) is 119 Å². The Labute approximate surface area is 205 Å². The molecule has 1 aliphatic heterocycles. The molecule has 0 unspecified atom stereocenters. The number of amidine groups is 2. The lowest BCUT2D eigenvalue weighted by atomic mass is 10.1. The molecule has 1 saturated heterocycles. The Morgan fingerprint density at radius 2 is 1.56 bits per heavy atom. The van der Waals surface area contributed by atoms with Gasteiger partial charge in [0.05, 0.1) is 11.3 Å². The van der Waals surface area contributed by atoms with E-state index in [-0.39, 0.29) is 23.0 Å². The van der Waals surface area contributed by atoms with Crippen LogP contribution in [0.2, 0.25) is 0 Å². The largest absolute Gasteiger partial charge is 0.282 e. The number of anilines is 1. The summed E-state index contributed by atoms with van der Waals surface area (Å²) in [4.78, 5) is 22.2. The third-order valence-corrected chi connectivity index (χ3v) is 5.71. The first-order valence-electron chi connectivity index (χ1n) is 11.3. The summed E-state index contributed by atoms with van der Waals surface area (Å²) in [5, 5.41) is 17.6. The summed E-state index contributed by atoms with van der Waals surface area (Å²) in [7, 11) is 0. The van der Waals surface area contributed by atoms with E-state index in [4.69, 9.17) is 5.41 Å². The number of aromatic amines is 1. The normalized spacial score (nSPS) is 15.7. The van der Waals surface area contributed by atoms with Gasteiger partial charge in [0.25, 0.3) is 5.56 Å². The molecule has 3 N–H and O–H groups in total. The van der Waals surface area contributed by atoms with Crippen molar-refractivity contribution < 1.29 is 0 Å². The maximum atomic E-state index is 13.1. The number of aromatic nitrogens is 4. The molecule has 2 aromatic heterocycles. The molecule has 0 bridgehead atoms. The van der Waals surface area contributed by atoms with Crippen molar-refractivity contribution in [2.45, 2.75) is 0 Å². The van der Waals surface area contributed by atoms with Crippen LogP contribution in [0.5, 0.6) is 0 Å². The minimum absolute atomic E-state index is 0.201.